The summed E-state index contributed by atoms with van der Waals surface area (Å²) in [5, 5.41) is 9.05. The monoisotopic (exact) mass is 272 g/mol. The van der Waals surface area contributed by atoms with Crippen LogP contribution in [0.4, 0.5) is 4.79 Å². The van der Waals surface area contributed by atoms with Crippen LogP contribution in [0.15, 0.2) is 12.7 Å². The van der Waals surface area contributed by atoms with E-state index in [1.165, 1.54) is 16.7 Å². The summed E-state index contributed by atoms with van der Waals surface area (Å²) in [4.78, 5) is 26.7. The number of nitrogens with zero attached hydrogens (tertiary/aromatic N) is 2. The second-order valence-corrected chi connectivity index (χ2v) is 5.86. The van der Waals surface area contributed by atoms with E-state index in [2.05, 4.69) is 6.58 Å². The van der Waals surface area contributed by atoms with E-state index in [1.807, 2.05) is 20.8 Å². The summed E-state index contributed by atoms with van der Waals surface area (Å²) in [7, 11) is 0. The Hall–Kier alpha value is -1.17. The first-order valence-electron chi connectivity index (χ1n) is 5.94. The van der Waals surface area contributed by atoms with E-state index in [0.717, 1.165) is 0 Å². The number of aliphatic carboxylic acids is 1. The summed E-state index contributed by atoms with van der Waals surface area (Å²) in [5.41, 5.74) is 0. The van der Waals surface area contributed by atoms with Crippen LogP contribution in [0.2, 0.25) is 0 Å². The Morgan fingerprint density at radius 3 is 2.67 bits per heavy atom. The minimum absolute atomic E-state index is 0.0164. The number of urea groups is 1. The first-order chi connectivity index (χ1) is 8.40. The van der Waals surface area contributed by atoms with Crippen molar-refractivity contribution in [3.8, 4) is 0 Å². The van der Waals surface area contributed by atoms with Crippen LogP contribution in [-0.2, 0) is 4.79 Å². The SMILES string of the molecule is C=CCN(C(=O)N1C(C)SCC1C(=O)O)C(C)C. The molecule has 1 aliphatic heterocycles. The molecule has 0 bridgehead atoms. The van der Waals surface area contributed by atoms with Crippen molar-refractivity contribution >= 4 is 23.8 Å². The Morgan fingerprint density at radius 1 is 1.61 bits per heavy atom. The maximum atomic E-state index is 12.4. The van der Waals surface area contributed by atoms with E-state index >= 15 is 0 Å². The number of carbonyl (C=O) groups excluding carboxylic acids is 1. The zero-order chi connectivity index (χ0) is 13.9. The lowest BCUT2D eigenvalue weighted by atomic mass is 10.2. The Morgan fingerprint density at radius 2 is 2.22 bits per heavy atom. The Balaban J connectivity index is 2.91. The molecular weight excluding hydrogens is 252 g/mol. The molecule has 2 atom stereocenters. The highest BCUT2D eigenvalue weighted by atomic mass is 32.2. The van der Waals surface area contributed by atoms with Gasteiger partial charge in [-0.1, -0.05) is 6.08 Å². The topological polar surface area (TPSA) is 60.9 Å². The molecule has 1 aliphatic rings. The average molecular weight is 272 g/mol. The number of carboxylic acids is 1. The van der Waals surface area contributed by atoms with Crippen LogP contribution in [0, 0.1) is 0 Å². The molecule has 0 aromatic carbocycles. The molecule has 0 aliphatic carbocycles. The molecule has 0 saturated carbocycles. The van der Waals surface area contributed by atoms with Gasteiger partial charge in [-0.05, 0) is 20.8 Å². The molecule has 0 aromatic heterocycles. The fraction of sp³-hybridized carbons (Fsp3) is 0.667. The predicted octanol–water partition coefficient (Wildman–Crippen LogP) is 1.85. The second kappa shape index (κ2) is 6.13. The number of carboxylic acid groups (broad SMARTS) is 1. The Bertz CT molecular complexity index is 346. The van der Waals surface area contributed by atoms with Crippen LogP contribution in [0.5, 0.6) is 0 Å². The summed E-state index contributed by atoms with van der Waals surface area (Å²) in [6, 6.07) is -0.943. The van der Waals surface area contributed by atoms with Gasteiger partial charge in [0.05, 0.1) is 5.37 Å². The molecule has 102 valence electrons. The van der Waals surface area contributed by atoms with E-state index in [4.69, 9.17) is 5.11 Å². The van der Waals surface area contributed by atoms with Crippen LogP contribution in [-0.4, -0.2) is 56.7 Å². The number of hydrogen-bond acceptors (Lipinski definition) is 3. The van der Waals surface area contributed by atoms with Gasteiger partial charge in [-0.3, -0.25) is 4.90 Å². The van der Waals surface area contributed by atoms with E-state index in [1.54, 1.807) is 11.0 Å². The fourth-order valence-electron chi connectivity index (χ4n) is 1.92. The normalized spacial score (nSPS) is 23.2. The third kappa shape index (κ3) is 2.98. The summed E-state index contributed by atoms with van der Waals surface area (Å²) < 4.78 is 0. The summed E-state index contributed by atoms with van der Waals surface area (Å²) >= 11 is 1.49. The lowest BCUT2D eigenvalue weighted by molar-refractivity contribution is -0.141. The predicted molar refractivity (Wildman–Crippen MR) is 72.6 cm³/mol. The third-order valence-electron chi connectivity index (χ3n) is 2.92. The molecule has 2 amide bonds. The fourth-order valence-corrected chi connectivity index (χ4v) is 3.08. The molecule has 0 aromatic rings. The molecule has 0 radical (unpaired) electrons. The molecule has 2 unspecified atom stereocenters. The van der Waals surface area contributed by atoms with Crippen molar-refractivity contribution < 1.29 is 14.7 Å². The highest BCUT2D eigenvalue weighted by Gasteiger charge is 2.41. The van der Waals surface area contributed by atoms with E-state index in [9.17, 15) is 9.59 Å². The van der Waals surface area contributed by atoms with Gasteiger partial charge in [0.25, 0.3) is 0 Å². The van der Waals surface area contributed by atoms with Gasteiger partial charge >= 0.3 is 12.0 Å². The Labute approximate surface area is 112 Å². The van der Waals surface area contributed by atoms with Crippen molar-refractivity contribution in [2.75, 3.05) is 12.3 Å². The highest BCUT2D eigenvalue weighted by Crippen LogP contribution is 2.30. The summed E-state index contributed by atoms with van der Waals surface area (Å²) in [5.74, 6) is -0.495. The standard InChI is InChI=1S/C12H20N2O3S/c1-5-6-13(8(2)3)12(17)14-9(4)18-7-10(14)11(15)16/h5,8-10H,1,6-7H2,2-4H3,(H,15,16). The third-order valence-corrected chi connectivity index (χ3v) is 4.14. The number of thioether (sulfide) groups is 1. The van der Waals surface area contributed by atoms with Gasteiger partial charge in [-0.15, -0.1) is 18.3 Å². The van der Waals surface area contributed by atoms with Gasteiger partial charge < -0.3 is 10.0 Å². The maximum absolute atomic E-state index is 12.4. The van der Waals surface area contributed by atoms with Gasteiger partial charge in [0, 0.05) is 18.3 Å². The molecule has 1 N–H and O–H groups in total. The minimum Gasteiger partial charge on any atom is -0.480 e. The molecular formula is C12H20N2O3S. The van der Waals surface area contributed by atoms with Crippen molar-refractivity contribution in [1.82, 2.24) is 9.80 Å². The number of rotatable bonds is 4. The van der Waals surface area contributed by atoms with Crippen molar-refractivity contribution in [2.24, 2.45) is 0 Å². The molecule has 1 rings (SSSR count). The summed E-state index contributed by atoms with van der Waals surface area (Å²) in [6.07, 6.45) is 1.65. The lowest BCUT2D eigenvalue weighted by Gasteiger charge is -2.34. The van der Waals surface area contributed by atoms with Crippen LogP contribution >= 0.6 is 11.8 Å². The van der Waals surface area contributed by atoms with E-state index < -0.39 is 12.0 Å². The lowest BCUT2D eigenvalue weighted by Crippen LogP contribution is -2.52. The van der Waals surface area contributed by atoms with E-state index in [-0.39, 0.29) is 17.4 Å². The van der Waals surface area contributed by atoms with Crippen LogP contribution in [0.3, 0.4) is 0 Å². The molecule has 1 fully saturated rings. The zero-order valence-electron chi connectivity index (χ0n) is 11.0. The van der Waals surface area contributed by atoms with Crippen LogP contribution in [0.25, 0.3) is 0 Å². The summed E-state index contributed by atoms with van der Waals surface area (Å²) in [6.45, 7) is 9.73. The molecule has 0 spiro atoms. The van der Waals surface area contributed by atoms with Crippen LogP contribution in [0.1, 0.15) is 20.8 Å². The van der Waals surface area contributed by atoms with Crippen molar-refractivity contribution in [1.29, 1.82) is 0 Å². The van der Waals surface area contributed by atoms with Gasteiger partial charge in [-0.2, -0.15) is 0 Å². The van der Waals surface area contributed by atoms with Crippen molar-refractivity contribution in [3.63, 3.8) is 0 Å². The van der Waals surface area contributed by atoms with E-state index in [0.29, 0.717) is 12.3 Å². The van der Waals surface area contributed by atoms with Crippen LogP contribution < -0.4 is 0 Å². The number of amides is 2. The van der Waals surface area contributed by atoms with Gasteiger partial charge in [0.15, 0.2) is 0 Å². The van der Waals surface area contributed by atoms with Gasteiger partial charge in [0.2, 0.25) is 0 Å². The number of hydrogen-bond donors (Lipinski definition) is 1. The average Bonchev–Trinajstić information content (AvgIpc) is 2.66. The molecule has 18 heavy (non-hydrogen) atoms. The zero-order valence-corrected chi connectivity index (χ0v) is 11.8. The maximum Gasteiger partial charge on any atom is 0.327 e. The second-order valence-electron chi connectivity index (χ2n) is 4.51. The highest BCUT2D eigenvalue weighted by molar-refractivity contribution is 8.00. The smallest absolute Gasteiger partial charge is 0.327 e. The van der Waals surface area contributed by atoms with Gasteiger partial charge in [0.1, 0.15) is 6.04 Å². The number of carbonyl (C=O) groups is 2. The quantitative estimate of drug-likeness (QED) is 0.793. The van der Waals surface area contributed by atoms with Gasteiger partial charge in [-0.25, -0.2) is 9.59 Å². The molecule has 1 saturated heterocycles. The first kappa shape index (κ1) is 14.9. The minimum atomic E-state index is -0.942. The largest absolute Gasteiger partial charge is 0.480 e. The molecule has 1 heterocycles. The Kier molecular flexibility index (Phi) is 5.07. The van der Waals surface area contributed by atoms with Crippen molar-refractivity contribution in [3.05, 3.63) is 12.7 Å². The molecule has 5 nitrogen and oxygen atoms in total. The molecule has 6 heteroatoms. The van der Waals surface area contributed by atoms with Crippen molar-refractivity contribution in [2.45, 2.75) is 38.2 Å². The first-order valence-corrected chi connectivity index (χ1v) is 6.99.